The number of hydrogen-bond acceptors (Lipinski definition) is 5. The molecule has 0 spiro atoms. The molecule has 0 radical (unpaired) electrons. The van der Waals surface area contributed by atoms with Gasteiger partial charge in [-0.3, -0.25) is 9.59 Å². The molecule has 1 N–H and O–H groups in total. The zero-order chi connectivity index (χ0) is 18.4. The minimum Gasteiger partial charge on any atom is -0.497 e. The summed E-state index contributed by atoms with van der Waals surface area (Å²) < 4.78 is 5.20. The molecule has 6 heteroatoms. The number of hydrogen-bond donors (Lipinski definition) is 1. The normalized spacial score (nSPS) is 25.7. The molecular formula is C20H21N3O3. The van der Waals surface area contributed by atoms with Crippen LogP contribution in [0.2, 0.25) is 0 Å². The first-order valence-electron chi connectivity index (χ1n) is 8.58. The van der Waals surface area contributed by atoms with E-state index in [1.54, 1.807) is 12.1 Å². The van der Waals surface area contributed by atoms with Crippen molar-refractivity contribution in [3.63, 3.8) is 0 Å². The fourth-order valence-electron chi connectivity index (χ4n) is 3.83. The molecule has 26 heavy (non-hydrogen) atoms. The number of amides is 2. The van der Waals surface area contributed by atoms with Crippen LogP contribution in [0.15, 0.2) is 48.5 Å². The van der Waals surface area contributed by atoms with Gasteiger partial charge in [0.2, 0.25) is 5.91 Å². The zero-order valence-corrected chi connectivity index (χ0v) is 15.0. The molecule has 0 saturated carbocycles. The molecule has 2 heterocycles. The van der Waals surface area contributed by atoms with Crippen LogP contribution < -0.4 is 15.1 Å². The van der Waals surface area contributed by atoms with Crippen LogP contribution in [0.5, 0.6) is 5.75 Å². The largest absolute Gasteiger partial charge is 0.497 e. The lowest BCUT2D eigenvalue weighted by Gasteiger charge is -2.22. The smallest absolute Gasteiger partial charge is 0.253 e. The van der Waals surface area contributed by atoms with E-state index >= 15 is 0 Å². The minimum atomic E-state index is -0.504. The van der Waals surface area contributed by atoms with Gasteiger partial charge in [-0.2, -0.15) is 0 Å². The van der Waals surface area contributed by atoms with Crippen LogP contribution in [0.4, 0.5) is 5.69 Å². The van der Waals surface area contributed by atoms with Crippen molar-refractivity contribution in [3.8, 4) is 5.75 Å². The van der Waals surface area contributed by atoms with E-state index in [2.05, 4.69) is 5.43 Å². The highest BCUT2D eigenvalue weighted by atomic mass is 16.5. The maximum Gasteiger partial charge on any atom is 0.253 e. The number of imide groups is 1. The fourth-order valence-corrected chi connectivity index (χ4v) is 3.83. The molecule has 2 amide bonds. The molecule has 0 bridgehead atoms. The summed E-state index contributed by atoms with van der Waals surface area (Å²) in [6.45, 7) is 1.98. The van der Waals surface area contributed by atoms with Gasteiger partial charge in [-0.25, -0.2) is 15.3 Å². The molecule has 0 aromatic heterocycles. The number of hydrazine groups is 1. The Morgan fingerprint density at radius 2 is 1.62 bits per heavy atom. The van der Waals surface area contributed by atoms with Crippen LogP contribution >= 0.6 is 0 Å². The molecule has 2 fully saturated rings. The Bertz CT molecular complexity index is 848. The summed E-state index contributed by atoms with van der Waals surface area (Å²) in [6.07, 6.45) is 0. The first-order chi connectivity index (χ1) is 12.5. The van der Waals surface area contributed by atoms with Crippen molar-refractivity contribution in [1.82, 2.24) is 10.4 Å². The quantitative estimate of drug-likeness (QED) is 0.858. The number of methoxy groups -OCH3 is 1. The van der Waals surface area contributed by atoms with Crippen molar-refractivity contribution in [2.24, 2.45) is 5.92 Å². The van der Waals surface area contributed by atoms with E-state index in [0.29, 0.717) is 5.69 Å². The number of carbonyl (C=O) groups is 2. The summed E-state index contributed by atoms with van der Waals surface area (Å²) >= 11 is 0. The van der Waals surface area contributed by atoms with Crippen molar-refractivity contribution >= 4 is 17.5 Å². The van der Waals surface area contributed by atoms with Crippen molar-refractivity contribution in [2.75, 3.05) is 19.1 Å². The highest BCUT2D eigenvalue weighted by molar-refractivity contribution is 6.24. The highest BCUT2D eigenvalue weighted by Gasteiger charge is 2.57. The van der Waals surface area contributed by atoms with E-state index in [1.807, 2.05) is 62.5 Å². The van der Waals surface area contributed by atoms with Crippen LogP contribution in [0, 0.1) is 12.8 Å². The third-order valence-corrected chi connectivity index (χ3v) is 5.21. The van der Waals surface area contributed by atoms with E-state index < -0.39 is 12.0 Å². The second-order valence-corrected chi connectivity index (χ2v) is 6.81. The Kier molecular flexibility index (Phi) is 4.01. The number of ether oxygens (including phenoxy) is 1. The number of fused-ring (bicyclic) bond motifs is 1. The molecule has 2 aromatic rings. The van der Waals surface area contributed by atoms with Gasteiger partial charge in [0.15, 0.2) is 0 Å². The first-order valence-corrected chi connectivity index (χ1v) is 8.58. The summed E-state index contributed by atoms with van der Waals surface area (Å²) in [5, 5.41) is 1.76. The topological polar surface area (TPSA) is 61.9 Å². The monoisotopic (exact) mass is 351 g/mol. The van der Waals surface area contributed by atoms with Gasteiger partial charge in [-0.05, 0) is 36.8 Å². The number of anilines is 1. The Morgan fingerprint density at radius 1 is 0.962 bits per heavy atom. The van der Waals surface area contributed by atoms with Gasteiger partial charge in [-0.15, -0.1) is 0 Å². The number of benzene rings is 2. The molecule has 0 aliphatic carbocycles. The first kappa shape index (κ1) is 16.8. The molecule has 0 unspecified atom stereocenters. The predicted octanol–water partition coefficient (Wildman–Crippen LogP) is 2.05. The molecule has 2 aromatic carbocycles. The summed E-state index contributed by atoms with van der Waals surface area (Å²) in [4.78, 5) is 27.4. The lowest BCUT2D eigenvalue weighted by molar-refractivity contribution is -0.123. The molecule has 2 aliphatic heterocycles. The van der Waals surface area contributed by atoms with Crippen LogP contribution in [-0.4, -0.2) is 37.0 Å². The number of carbonyl (C=O) groups excluding carboxylic acids is 2. The third-order valence-electron chi connectivity index (χ3n) is 5.21. The molecule has 4 rings (SSSR count). The van der Waals surface area contributed by atoms with Gasteiger partial charge in [0, 0.05) is 7.05 Å². The lowest BCUT2D eigenvalue weighted by Crippen LogP contribution is -2.43. The Balaban J connectivity index is 1.69. The van der Waals surface area contributed by atoms with Crippen molar-refractivity contribution < 1.29 is 14.3 Å². The van der Waals surface area contributed by atoms with E-state index in [9.17, 15) is 9.59 Å². The van der Waals surface area contributed by atoms with Crippen molar-refractivity contribution in [2.45, 2.75) is 19.0 Å². The van der Waals surface area contributed by atoms with Gasteiger partial charge < -0.3 is 4.74 Å². The van der Waals surface area contributed by atoms with E-state index in [4.69, 9.17) is 4.74 Å². The predicted molar refractivity (Wildman–Crippen MR) is 97.6 cm³/mol. The maximum absolute atomic E-state index is 13.1. The lowest BCUT2D eigenvalue weighted by atomic mass is 9.91. The fraction of sp³-hybridized carbons (Fsp3) is 0.300. The Morgan fingerprint density at radius 3 is 2.23 bits per heavy atom. The molecule has 3 atom stereocenters. The van der Waals surface area contributed by atoms with Gasteiger partial charge >= 0.3 is 0 Å². The van der Waals surface area contributed by atoms with Gasteiger partial charge in [-0.1, -0.05) is 29.8 Å². The standard InChI is InChI=1S/C20H21N3O3/c1-12-4-8-14(9-5-12)23-19(24)16-17(21-22(2)18(16)20(23)25)13-6-10-15(26-3)11-7-13/h4-11,16-18,21H,1-3H3/t16-,17+,18+/m1/s1. The van der Waals surface area contributed by atoms with Crippen molar-refractivity contribution in [1.29, 1.82) is 0 Å². The molecule has 2 aliphatic rings. The third kappa shape index (κ3) is 2.50. The number of rotatable bonds is 3. The summed E-state index contributed by atoms with van der Waals surface area (Å²) in [5.74, 6) is -0.0506. The number of aryl methyl sites for hydroxylation is 1. The van der Waals surface area contributed by atoms with Crippen LogP contribution in [0.3, 0.4) is 0 Å². The van der Waals surface area contributed by atoms with Gasteiger partial charge in [0.1, 0.15) is 11.8 Å². The number of likely N-dealkylation sites (N-methyl/N-ethyl adjacent to an activating group) is 1. The minimum absolute atomic E-state index is 0.165. The number of nitrogens with zero attached hydrogens (tertiary/aromatic N) is 2. The average molecular weight is 351 g/mol. The molecular weight excluding hydrogens is 330 g/mol. The zero-order valence-electron chi connectivity index (χ0n) is 15.0. The Hall–Kier alpha value is -2.70. The van der Waals surface area contributed by atoms with Crippen LogP contribution in [-0.2, 0) is 9.59 Å². The second-order valence-electron chi connectivity index (χ2n) is 6.81. The average Bonchev–Trinajstić information content (AvgIpc) is 3.12. The molecule has 134 valence electrons. The van der Waals surface area contributed by atoms with Crippen LogP contribution in [0.25, 0.3) is 0 Å². The van der Waals surface area contributed by atoms with E-state index in [1.165, 1.54) is 4.90 Å². The Labute approximate surface area is 152 Å². The second kappa shape index (κ2) is 6.23. The molecule has 6 nitrogen and oxygen atoms in total. The van der Waals surface area contributed by atoms with E-state index in [-0.39, 0.29) is 17.9 Å². The number of nitrogens with one attached hydrogen (secondary N) is 1. The van der Waals surface area contributed by atoms with Crippen molar-refractivity contribution in [3.05, 3.63) is 59.7 Å². The van der Waals surface area contributed by atoms with Crippen LogP contribution in [0.1, 0.15) is 17.2 Å². The summed E-state index contributed by atoms with van der Waals surface area (Å²) in [7, 11) is 3.43. The van der Waals surface area contributed by atoms with Gasteiger partial charge in [0.05, 0.1) is 24.8 Å². The van der Waals surface area contributed by atoms with E-state index in [0.717, 1.165) is 16.9 Å². The maximum atomic E-state index is 13.1. The highest BCUT2D eigenvalue weighted by Crippen LogP contribution is 2.41. The SMILES string of the molecule is COc1ccc([C@@H]2NN(C)[C@@H]3C(=O)N(c4ccc(C)cc4)C(=O)[C@@H]32)cc1. The van der Waals surface area contributed by atoms with Gasteiger partial charge in [0.25, 0.3) is 5.91 Å². The summed E-state index contributed by atoms with van der Waals surface area (Å²) in [5.41, 5.74) is 5.94. The summed E-state index contributed by atoms with van der Waals surface area (Å²) in [6, 6.07) is 14.3. The molecule has 2 saturated heterocycles.